The number of carbonyl (C=O) groups is 1. The van der Waals surface area contributed by atoms with Crippen LogP contribution < -0.4 is 5.32 Å². The van der Waals surface area contributed by atoms with Crippen molar-refractivity contribution in [3.63, 3.8) is 0 Å². The van der Waals surface area contributed by atoms with Gasteiger partial charge in [-0.15, -0.1) is 15.3 Å². The molecular formula is C25H20ClN7OS. The van der Waals surface area contributed by atoms with Gasteiger partial charge in [0.15, 0.2) is 5.82 Å². The van der Waals surface area contributed by atoms with E-state index in [1.807, 2.05) is 36.4 Å². The van der Waals surface area contributed by atoms with Crippen molar-refractivity contribution in [1.82, 2.24) is 30.4 Å². The van der Waals surface area contributed by atoms with Gasteiger partial charge in [-0.2, -0.15) is 4.68 Å². The Morgan fingerprint density at radius 1 is 0.943 bits per heavy atom. The Bertz CT molecular complexity index is 1480. The number of nitrogens with one attached hydrogen (secondary N) is 1. The molecule has 1 N–H and O–H groups in total. The summed E-state index contributed by atoms with van der Waals surface area (Å²) in [6, 6.07) is 22.7. The lowest BCUT2D eigenvalue weighted by Gasteiger charge is -2.11. The van der Waals surface area contributed by atoms with Crippen LogP contribution in [0.3, 0.4) is 0 Å². The van der Waals surface area contributed by atoms with E-state index >= 15 is 0 Å². The van der Waals surface area contributed by atoms with Gasteiger partial charge in [-0.25, -0.2) is 0 Å². The molecule has 174 valence electrons. The average Bonchev–Trinajstić information content (AvgIpc) is 3.57. The van der Waals surface area contributed by atoms with Gasteiger partial charge in [-0.1, -0.05) is 90.5 Å². The summed E-state index contributed by atoms with van der Waals surface area (Å²) in [6.45, 7) is 2.71. The van der Waals surface area contributed by atoms with Gasteiger partial charge in [0, 0.05) is 12.1 Å². The highest BCUT2D eigenvalue weighted by atomic mass is 35.5. The summed E-state index contributed by atoms with van der Waals surface area (Å²) in [7, 11) is 0. The van der Waals surface area contributed by atoms with E-state index in [4.69, 9.17) is 11.6 Å². The number of aryl methyl sites for hydroxylation is 1. The standard InChI is InChI=1S/C25H20ClN7OS/c1-2-22-28-30-25(35-22)27-15-16-11-13-17(14-12-16)18-7-3-4-8-19(18)23-29-31-32-33(23)24(34)20-9-5-6-10-21(20)26/h3-14H,2,15H2,1H3,(H,27,30). The van der Waals surface area contributed by atoms with Crippen molar-refractivity contribution in [3.05, 3.63) is 94.0 Å². The van der Waals surface area contributed by atoms with Gasteiger partial charge >= 0.3 is 0 Å². The molecule has 0 aliphatic carbocycles. The Morgan fingerprint density at radius 3 is 2.43 bits per heavy atom. The molecule has 3 aromatic carbocycles. The number of anilines is 1. The van der Waals surface area contributed by atoms with Crippen molar-refractivity contribution in [2.24, 2.45) is 0 Å². The Morgan fingerprint density at radius 2 is 1.69 bits per heavy atom. The van der Waals surface area contributed by atoms with Crippen molar-refractivity contribution in [1.29, 1.82) is 0 Å². The second-order valence-corrected chi connectivity index (χ2v) is 9.12. The van der Waals surface area contributed by atoms with Gasteiger partial charge in [-0.05, 0) is 45.7 Å². The largest absolute Gasteiger partial charge is 0.356 e. The van der Waals surface area contributed by atoms with E-state index in [9.17, 15) is 4.79 Å². The topological polar surface area (TPSA) is 98.5 Å². The van der Waals surface area contributed by atoms with E-state index in [0.29, 0.717) is 23.0 Å². The van der Waals surface area contributed by atoms with Crippen LogP contribution in [-0.4, -0.2) is 36.3 Å². The number of rotatable bonds is 7. The number of aromatic nitrogens is 6. The molecule has 0 fully saturated rings. The van der Waals surface area contributed by atoms with Crippen LogP contribution in [0.1, 0.15) is 27.9 Å². The minimum Gasteiger partial charge on any atom is -0.356 e. The lowest BCUT2D eigenvalue weighted by molar-refractivity contribution is 0.0945. The van der Waals surface area contributed by atoms with Crippen LogP contribution in [-0.2, 0) is 13.0 Å². The van der Waals surface area contributed by atoms with Crippen LogP contribution >= 0.6 is 22.9 Å². The molecule has 10 heteroatoms. The van der Waals surface area contributed by atoms with Crippen molar-refractivity contribution < 1.29 is 4.79 Å². The van der Waals surface area contributed by atoms with Crippen LogP contribution in [0.15, 0.2) is 72.8 Å². The maximum absolute atomic E-state index is 13.1. The molecule has 0 aliphatic heterocycles. The summed E-state index contributed by atoms with van der Waals surface area (Å²) in [4.78, 5) is 13.1. The Balaban J connectivity index is 1.41. The van der Waals surface area contributed by atoms with Gasteiger partial charge < -0.3 is 5.32 Å². The lowest BCUT2D eigenvalue weighted by Crippen LogP contribution is -2.16. The minimum atomic E-state index is -0.394. The van der Waals surface area contributed by atoms with Gasteiger partial charge in [-0.3, -0.25) is 4.79 Å². The normalized spacial score (nSPS) is 10.9. The SMILES string of the molecule is CCc1nnc(NCc2ccc(-c3ccccc3-c3nnnn3C(=O)c3ccccc3Cl)cc2)s1. The first-order valence-electron chi connectivity index (χ1n) is 11.0. The first kappa shape index (κ1) is 22.8. The third-order valence-electron chi connectivity index (χ3n) is 5.41. The van der Waals surface area contributed by atoms with E-state index in [-0.39, 0.29) is 0 Å². The molecule has 0 unspecified atom stereocenters. The first-order chi connectivity index (χ1) is 17.1. The molecule has 0 aliphatic rings. The van der Waals surface area contributed by atoms with Crippen molar-refractivity contribution in [3.8, 4) is 22.5 Å². The summed E-state index contributed by atoms with van der Waals surface area (Å²) in [5.74, 6) is -0.0472. The molecule has 35 heavy (non-hydrogen) atoms. The maximum atomic E-state index is 13.1. The summed E-state index contributed by atoms with van der Waals surface area (Å²) in [5.41, 5.74) is 4.07. The van der Waals surface area contributed by atoms with Crippen LogP contribution in [0.4, 0.5) is 5.13 Å². The zero-order valence-electron chi connectivity index (χ0n) is 18.7. The molecule has 2 heterocycles. The zero-order valence-corrected chi connectivity index (χ0v) is 20.3. The van der Waals surface area contributed by atoms with Gasteiger partial charge in [0.2, 0.25) is 5.13 Å². The van der Waals surface area contributed by atoms with Crippen molar-refractivity contribution in [2.45, 2.75) is 19.9 Å². The Labute approximate surface area is 210 Å². The van der Waals surface area contributed by atoms with E-state index in [2.05, 4.69) is 50.1 Å². The monoisotopic (exact) mass is 501 g/mol. The predicted molar refractivity (Wildman–Crippen MR) is 136 cm³/mol. The van der Waals surface area contributed by atoms with Crippen LogP contribution in [0.2, 0.25) is 5.02 Å². The van der Waals surface area contributed by atoms with E-state index in [1.165, 1.54) is 4.68 Å². The number of benzene rings is 3. The fourth-order valence-electron chi connectivity index (χ4n) is 3.62. The fraction of sp³-hybridized carbons (Fsp3) is 0.120. The van der Waals surface area contributed by atoms with Gasteiger partial charge in [0.25, 0.3) is 5.91 Å². The Kier molecular flexibility index (Phi) is 6.60. The van der Waals surface area contributed by atoms with Crippen LogP contribution in [0.5, 0.6) is 0 Å². The number of hydrogen-bond acceptors (Lipinski definition) is 8. The summed E-state index contributed by atoms with van der Waals surface area (Å²) < 4.78 is 1.19. The van der Waals surface area contributed by atoms with Crippen LogP contribution in [0.25, 0.3) is 22.5 Å². The van der Waals surface area contributed by atoms with Crippen molar-refractivity contribution in [2.75, 3.05) is 5.32 Å². The smallest absolute Gasteiger partial charge is 0.283 e. The molecule has 0 saturated heterocycles. The summed E-state index contributed by atoms with van der Waals surface area (Å²) in [6.07, 6.45) is 0.876. The highest BCUT2D eigenvalue weighted by molar-refractivity contribution is 7.15. The maximum Gasteiger partial charge on any atom is 0.283 e. The molecule has 0 bridgehead atoms. The minimum absolute atomic E-state index is 0.332. The number of nitrogens with zero attached hydrogens (tertiary/aromatic N) is 6. The average molecular weight is 502 g/mol. The molecular weight excluding hydrogens is 482 g/mol. The second-order valence-electron chi connectivity index (χ2n) is 7.65. The number of halogens is 1. The van der Waals surface area contributed by atoms with Gasteiger partial charge in [0.1, 0.15) is 5.01 Å². The molecule has 2 aromatic heterocycles. The number of tetrazole rings is 1. The number of carbonyl (C=O) groups excluding carboxylic acids is 1. The molecule has 5 aromatic rings. The zero-order chi connectivity index (χ0) is 24.2. The highest BCUT2D eigenvalue weighted by Crippen LogP contribution is 2.31. The van der Waals surface area contributed by atoms with Gasteiger partial charge in [0.05, 0.1) is 10.6 Å². The van der Waals surface area contributed by atoms with E-state index in [0.717, 1.165) is 38.8 Å². The first-order valence-corrected chi connectivity index (χ1v) is 12.2. The molecule has 0 atom stereocenters. The molecule has 8 nitrogen and oxygen atoms in total. The Hall–Kier alpha value is -3.95. The fourth-order valence-corrected chi connectivity index (χ4v) is 4.51. The van der Waals surface area contributed by atoms with Crippen LogP contribution in [0, 0.1) is 0 Å². The quantitative estimate of drug-likeness (QED) is 0.299. The molecule has 0 spiro atoms. The number of hydrogen-bond donors (Lipinski definition) is 1. The molecule has 0 amide bonds. The molecule has 0 saturated carbocycles. The third-order valence-corrected chi connectivity index (χ3v) is 6.77. The van der Waals surface area contributed by atoms with Crippen molar-refractivity contribution >= 4 is 34.0 Å². The summed E-state index contributed by atoms with van der Waals surface area (Å²) >= 11 is 7.80. The predicted octanol–water partition coefficient (Wildman–Crippen LogP) is 5.38. The van der Waals surface area contributed by atoms with E-state index < -0.39 is 5.91 Å². The highest BCUT2D eigenvalue weighted by Gasteiger charge is 2.21. The second kappa shape index (κ2) is 10.1. The van der Waals surface area contributed by atoms with E-state index in [1.54, 1.807) is 35.6 Å². The lowest BCUT2D eigenvalue weighted by atomic mass is 9.98. The molecule has 0 radical (unpaired) electrons. The summed E-state index contributed by atoms with van der Waals surface area (Å²) in [5, 5.41) is 25.6. The molecule has 5 rings (SSSR count). The third kappa shape index (κ3) is 4.82.